The van der Waals surface area contributed by atoms with Crippen LogP contribution in [0.1, 0.15) is 33.6 Å². The number of imidazole rings is 1. The van der Waals surface area contributed by atoms with Gasteiger partial charge in [0.2, 0.25) is 0 Å². The summed E-state index contributed by atoms with van der Waals surface area (Å²) < 4.78 is 2.15. The van der Waals surface area contributed by atoms with E-state index in [0.717, 1.165) is 30.5 Å². The summed E-state index contributed by atoms with van der Waals surface area (Å²) in [6.45, 7) is 4.95. The molecule has 0 aliphatic carbocycles. The molecule has 1 unspecified atom stereocenters. The first-order valence-electron chi connectivity index (χ1n) is 7.00. The maximum Gasteiger partial charge on any atom is 0.251 e. The Labute approximate surface area is 118 Å². The third-order valence-corrected chi connectivity index (χ3v) is 3.93. The molecular weight excluding hydrogens is 250 g/mol. The van der Waals surface area contributed by atoms with Crippen LogP contribution in [0.3, 0.4) is 0 Å². The van der Waals surface area contributed by atoms with Crippen molar-refractivity contribution < 1.29 is 4.79 Å². The number of nitrogens with one attached hydrogen (secondary N) is 1. The Hall–Kier alpha value is -2.10. The molecule has 20 heavy (non-hydrogen) atoms. The fraction of sp³-hybridized carbons (Fsp3) is 0.375. The minimum absolute atomic E-state index is 0.0282. The standard InChI is InChI=1S/C16H19N3O/c1-11-3-4-15(12(2)7-11)16(20)18-13-5-6-19-10-17-9-14(19)8-13/h3-4,7,9-10,13H,5-6,8H2,1-2H3,(H,18,20). The summed E-state index contributed by atoms with van der Waals surface area (Å²) in [5, 5.41) is 3.15. The molecule has 4 nitrogen and oxygen atoms in total. The van der Waals surface area contributed by atoms with Gasteiger partial charge in [-0.3, -0.25) is 4.79 Å². The van der Waals surface area contributed by atoms with Gasteiger partial charge in [0.15, 0.2) is 0 Å². The Morgan fingerprint density at radius 1 is 1.40 bits per heavy atom. The molecule has 0 fully saturated rings. The molecule has 0 saturated heterocycles. The third-order valence-electron chi connectivity index (χ3n) is 3.93. The van der Waals surface area contributed by atoms with Gasteiger partial charge in [-0.2, -0.15) is 0 Å². The van der Waals surface area contributed by atoms with Gasteiger partial charge in [0.1, 0.15) is 0 Å². The number of benzene rings is 1. The Balaban J connectivity index is 1.71. The molecular formula is C16H19N3O. The van der Waals surface area contributed by atoms with E-state index < -0.39 is 0 Å². The van der Waals surface area contributed by atoms with Gasteiger partial charge in [-0.25, -0.2) is 4.98 Å². The van der Waals surface area contributed by atoms with E-state index in [-0.39, 0.29) is 11.9 Å². The van der Waals surface area contributed by atoms with Gasteiger partial charge >= 0.3 is 0 Å². The first-order chi connectivity index (χ1) is 9.63. The molecule has 2 aromatic rings. The lowest BCUT2D eigenvalue weighted by Crippen LogP contribution is -2.40. The molecule has 1 N–H and O–H groups in total. The number of amides is 1. The van der Waals surface area contributed by atoms with Gasteiger partial charge < -0.3 is 9.88 Å². The van der Waals surface area contributed by atoms with E-state index in [4.69, 9.17) is 0 Å². The number of fused-ring (bicyclic) bond motifs is 1. The topological polar surface area (TPSA) is 46.9 Å². The van der Waals surface area contributed by atoms with Gasteiger partial charge in [0.25, 0.3) is 5.91 Å². The van der Waals surface area contributed by atoms with Crippen molar-refractivity contribution in [3.8, 4) is 0 Å². The zero-order chi connectivity index (χ0) is 14.1. The number of carbonyl (C=O) groups excluding carboxylic acids is 1. The Morgan fingerprint density at radius 2 is 2.25 bits per heavy atom. The van der Waals surface area contributed by atoms with Crippen LogP contribution < -0.4 is 5.32 Å². The largest absolute Gasteiger partial charge is 0.349 e. The van der Waals surface area contributed by atoms with Crippen molar-refractivity contribution in [1.82, 2.24) is 14.9 Å². The van der Waals surface area contributed by atoms with E-state index in [1.165, 1.54) is 11.3 Å². The van der Waals surface area contributed by atoms with Crippen molar-refractivity contribution in [2.45, 2.75) is 39.3 Å². The molecule has 0 bridgehead atoms. The maximum absolute atomic E-state index is 12.4. The van der Waals surface area contributed by atoms with Crippen LogP contribution >= 0.6 is 0 Å². The Kier molecular flexibility index (Phi) is 3.30. The number of aromatic nitrogens is 2. The normalized spacial score (nSPS) is 17.6. The van der Waals surface area contributed by atoms with Crippen LogP contribution in [0.5, 0.6) is 0 Å². The smallest absolute Gasteiger partial charge is 0.251 e. The predicted octanol–water partition coefficient (Wildman–Crippen LogP) is 2.24. The predicted molar refractivity (Wildman–Crippen MR) is 77.7 cm³/mol. The van der Waals surface area contributed by atoms with Gasteiger partial charge in [-0.05, 0) is 31.9 Å². The third kappa shape index (κ3) is 2.46. The summed E-state index contributed by atoms with van der Waals surface area (Å²) in [5.74, 6) is 0.0282. The Bertz CT molecular complexity index is 645. The molecule has 0 saturated carbocycles. The molecule has 1 aliphatic heterocycles. The molecule has 0 radical (unpaired) electrons. The molecule has 1 aromatic heterocycles. The Morgan fingerprint density at radius 3 is 3.05 bits per heavy atom. The molecule has 2 heterocycles. The lowest BCUT2D eigenvalue weighted by Gasteiger charge is -2.25. The molecule has 3 rings (SSSR count). The number of hydrogen-bond acceptors (Lipinski definition) is 2. The summed E-state index contributed by atoms with van der Waals surface area (Å²) in [7, 11) is 0. The lowest BCUT2D eigenvalue weighted by molar-refractivity contribution is 0.0930. The number of carbonyl (C=O) groups is 1. The zero-order valence-electron chi connectivity index (χ0n) is 11.9. The van der Waals surface area contributed by atoms with Crippen LogP contribution in [0.4, 0.5) is 0 Å². The maximum atomic E-state index is 12.4. The van der Waals surface area contributed by atoms with E-state index >= 15 is 0 Å². The average molecular weight is 269 g/mol. The van der Waals surface area contributed by atoms with Crippen molar-refractivity contribution in [3.63, 3.8) is 0 Å². The van der Waals surface area contributed by atoms with Crippen LogP contribution in [0.25, 0.3) is 0 Å². The highest BCUT2D eigenvalue weighted by Crippen LogP contribution is 2.16. The second kappa shape index (κ2) is 5.12. The van der Waals surface area contributed by atoms with Crippen molar-refractivity contribution >= 4 is 5.91 Å². The second-order valence-corrected chi connectivity index (χ2v) is 5.56. The summed E-state index contributed by atoms with van der Waals surface area (Å²) in [4.78, 5) is 16.5. The molecule has 104 valence electrons. The van der Waals surface area contributed by atoms with E-state index in [1.54, 1.807) is 0 Å². The lowest BCUT2D eigenvalue weighted by atomic mass is 10.0. The highest BCUT2D eigenvalue weighted by atomic mass is 16.1. The van der Waals surface area contributed by atoms with Crippen molar-refractivity contribution in [1.29, 1.82) is 0 Å². The van der Waals surface area contributed by atoms with Gasteiger partial charge in [-0.15, -0.1) is 0 Å². The minimum Gasteiger partial charge on any atom is -0.349 e. The highest BCUT2D eigenvalue weighted by Gasteiger charge is 2.21. The number of nitrogens with zero attached hydrogens (tertiary/aromatic N) is 2. The summed E-state index contributed by atoms with van der Waals surface area (Å²) in [6, 6.07) is 6.14. The minimum atomic E-state index is 0.0282. The van der Waals surface area contributed by atoms with E-state index in [2.05, 4.69) is 14.9 Å². The molecule has 1 atom stereocenters. The highest BCUT2D eigenvalue weighted by molar-refractivity contribution is 5.95. The molecule has 0 spiro atoms. The number of hydrogen-bond donors (Lipinski definition) is 1. The first-order valence-corrected chi connectivity index (χ1v) is 7.00. The molecule has 1 aliphatic rings. The van der Waals surface area contributed by atoms with Crippen molar-refractivity contribution in [2.24, 2.45) is 0 Å². The number of rotatable bonds is 2. The summed E-state index contributed by atoms with van der Waals surface area (Å²) in [6.07, 6.45) is 5.56. The second-order valence-electron chi connectivity index (χ2n) is 5.56. The number of aryl methyl sites for hydroxylation is 3. The van der Waals surface area contributed by atoms with Crippen molar-refractivity contribution in [3.05, 3.63) is 53.1 Å². The van der Waals surface area contributed by atoms with Gasteiger partial charge in [0.05, 0.1) is 6.33 Å². The van der Waals surface area contributed by atoms with Gasteiger partial charge in [0, 0.05) is 36.5 Å². The molecule has 1 aromatic carbocycles. The fourth-order valence-electron chi connectivity index (χ4n) is 2.82. The summed E-state index contributed by atoms with van der Waals surface area (Å²) in [5.41, 5.74) is 4.18. The van der Waals surface area contributed by atoms with Crippen LogP contribution in [-0.2, 0) is 13.0 Å². The first kappa shape index (κ1) is 12.9. The van der Waals surface area contributed by atoms with Crippen LogP contribution in [0.15, 0.2) is 30.7 Å². The average Bonchev–Trinajstić information content (AvgIpc) is 2.85. The fourth-order valence-corrected chi connectivity index (χ4v) is 2.82. The molecule has 4 heteroatoms. The summed E-state index contributed by atoms with van der Waals surface area (Å²) >= 11 is 0. The van der Waals surface area contributed by atoms with Gasteiger partial charge in [-0.1, -0.05) is 17.7 Å². The van der Waals surface area contributed by atoms with Crippen LogP contribution in [0, 0.1) is 13.8 Å². The van der Waals surface area contributed by atoms with E-state index in [1.807, 2.05) is 44.6 Å². The quantitative estimate of drug-likeness (QED) is 0.909. The SMILES string of the molecule is Cc1ccc(C(=O)NC2CCn3cncc3C2)c(C)c1. The van der Waals surface area contributed by atoms with Crippen LogP contribution in [-0.4, -0.2) is 21.5 Å². The van der Waals surface area contributed by atoms with E-state index in [0.29, 0.717) is 0 Å². The molecule has 1 amide bonds. The van der Waals surface area contributed by atoms with E-state index in [9.17, 15) is 4.79 Å². The van der Waals surface area contributed by atoms with Crippen molar-refractivity contribution in [2.75, 3.05) is 0 Å². The zero-order valence-corrected chi connectivity index (χ0v) is 11.9. The van der Waals surface area contributed by atoms with Crippen LogP contribution in [0.2, 0.25) is 0 Å². The monoisotopic (exact) mass is 269 g/mol.